The standard InChI is InChI=1S/C12H14N2O/c1-11(12-7-3-2-4-8-12)14-15-10-6-5-9-13/h2-4,7-8H,5-6,10H2,1H3. The van der Waals surface area contributed by atoms with Gasteiger partial charge in [-0.15, -0.1) is 0 Å². The maximum atomic E-state index is 8.31. The molecule has 0 N–H and O–H groups in total. The normalized spacial score (nSPS) is 10.8. The van der Waals surface area contributed by atoms with Gasteiger partial charge in [0.05, 0.1) is 11.8 Å². The zero-order chi connectivity index (χ0) is 10.9. The van der Waals surface area contributed by atoms with Crippen molar-refractivity contribution < 1.29 is 4.84 Å². The van der Waals surface area contributed by atoms with Crippen molar-refractivity contribution in [1.82, 2.24) is 0 Å². The molecule has 0 unspecified atom stereocenters. The van der Waals surface area contributed by atoms with Crippen molar-refractivity contribution >= 4 is 5.71 Å². The van der Waals surface area contributed by atoms with E-state index in [0.29, 0.717) is 13.0 Å². The Kier molecular flexibility index (Phi) is 4.96. The predicted molar refractivity (Wildman–Crippen MR) is 59.5 cm³/mol. The van der Waals surface area contributed by atoms with Gasteiger partial charge in [0.2, 0.25) is 0 Å². The highest BCUT2D eigenvalue weighted by Crippen LogP contribution is 2.01. The molecule has 3 nitrogen and oxygen atoms in total. The van der Waals surface area contributed by atoms with Crippen molar-refractivity contribution in [3.8, 4) is 6.07 Å². The van der Waals surface area contributed by atoms with E-state index in [0.717, 1.165) is 17.7 Å². The van der Waals surface area contributed by atoms with E-state index in [-0.39, 0.29) is 0 Å². The molecule has 0 heterocycles. The van der Waals surface area contributed by atoms with Crippen molar-refractivity contribution in [3.63, 3.8) is 0 Å². The molecule has 0 aliphatic carbocycles. The number of benzene rings is 1. The van der Waals surface area contributed by atoms with Crippen LogP contribution in [0.25, 0.3) is 0 Å². The molecule has 0 aliphatic rings. The molecule has 0 atom stereocenters. The average molecular weight is 202 g/mol. The first-order valence-corrected chi connectivity index (χ1v) is 4.93. The topological polar surface area (TPSA) is 45.4 Å². The van der Waals surface area contributed by atoms with Crippen LogP contribution in [0.3, 0.4) is 0 Å². The highest BCUT2D eigenvalue weighted by molar-refractivity contribution is 5.98. The molecule has 1 aromatic carbocycles. The largest absolute Gasteiger partial charge is 0.396 e. The summed E-state index contributed by atoms with van der Waals surface area (Å²) in [5, 5.41) is 12.3. The smallest absolute Gasteiger partial charge is 0.118 e. The maximum Gasteiger partial charge on any atom is 0.118 e. The molecular weight excluding hydrogens is 188 g/mol. The fourth-order valence-electron chi connectivity index (χ4n) is 1.09. The number of nitrogens with zero attached hydrogens (tertiary/aromatic N) is 2. The van der Waals surface area contributed by atoms with Crippen LogP contribution >= 0.6 is 0 Å². The van der Waals surface area contributed by atoms with E-state index in [9.17, 15) is 0 Å². The second-order valence-electron chi connectivity index (χ2n) is 3.14. The minimum absolute atomic E-state index is 0.498. The van der Waals surface area contributed by atoms with Crippen molar-refractivity contribution in [1.29, 1.82) is 5.26 Å². The third-order valence-corrected chi connectivity index (χ3v) is 1.92. The first kappa shape index (κ1) is 11.3. The number of rotatable bonds is 5. The highest BCUT2D eigenvalue weighted by Gasteiger charge is 1.95. The molecule has 0 saturated heterocycles. The molecule has 0 bridgehead atoms. The van der Waals surface area contributed by atoms with Crippen LogP contribution in [0.2, 0.25) is 0 Å². The Morgan fingerprint density at radius 3 is 2.80 bits per heavy atom. The Bertz CT molecular complexity index is 352. The van der Waals surface area contributed by atoms with Crippen LogP contribution in [0.15, 0.2) is 35.5 Å². The van der Waals surface area contributed by atoms with Crippen LogP contribution in [-0.4, -0.2) is 12.3 Å². The van der Waals surface area contributed by atoms with Crippen LogP contribution in [0.5, 0.6) is 0 Å². The van der Waals surface area contributed by atoms with E-state index in [2.05, 4.69) is 11.2 Å². The summed E-state index contributed by atoms with van der Waals surface area (Å²) in [5.41, 5.74) is 1.91. The Balaban J connectivity index is 2.37. The summed E-state index contributed by atoms with van der Waals surface area (Å²) in [5.74, 6) is 0. The molecule has 78 valence electrons. The van der Waals surface area contributed by atoms with E-state index in [4.69, 9.17) is 10.1 Å². The zero-order valence-electron chi connectivity index (χ0n) is 8.81. The fraction of sp³-hybridized carbons (Fsp3) is 0.333. The van der Waals surface area contributed by atoms with Gasteiger partial charge < -0.3 is 4.84 Å². The van der Waals surface area contributed by atoms with Gasteiger partial charge in [-0.2, -0.15) is 5.26 Å². The van der Waals surface area contributed by atoms with Gasteiger partial charge >= 0.3 is 0 Å². The second kappa shape index (κ2) is 6.61. The Morgan fingerprint density at radius 2 is 2.13 bits per heavy atom. The molecule has 0 saturated carbocycles. The van der Waals surface area contributed by atoms with E-state index in [1.54, 1.807) is 0 Å². The molecule has 0 spiro atoms. The SMILES string of the molecule is CC(=NOCCCC#N)c1ccccc1. The third kappa shape index (κ3) is 4.28. The monoisotopic (exact) mass is 202 g/mol. The number of oxime groups is 1. The summed E-state index contributed by atoms with van der Waals surface area (Å²) in [7, 11) is 0. The minimum Gasteiger partial charge on any atom is -0.396 e. The summed E-state index contributed by atoms with van der Waals surface area (Å²) >= 11 is 0. The van der Waals surface area contributed by atoms with Crippen LogP contribution < -0.4 is 0 Å². The summed E-state index contributed by atoms with van der Waals surface area (Å²) in [6.07, 6.45) is 1.24. The van der Waals surface area contributed by atoms with E-state index < -0.39 is 0 Å². The summed E-state index contributed by atoms with van der Waals surface area (Å²) in [6.45, 7) is 2.40. The molecule has 15 heavy (non-hydrogen) atoms. The van der Waals surface area contributed by atoms with Gasteiger partial charge in [-0.05, 0) is 18.9 Å². The number of hydrogen-bond donors (Lipinski definition) is 0. The number of nitriles is 1. The molecule has 0 aromatic heterocycles. The summed E-state index contributed by atoms with van der Waals surface area (Å²) in [6, 6.07) is 11.9. The van der Waals surface area contributed by atoms with E-state index in [1.807, 2.05) is 37.3 Å². The van der Waals surface area contributed by atoms with Crippen LogP contribution in [0, 0.1) is 11.3 Å². The minimum atomic E-state index is 0.498. The number of unbranched alkanes of at least 4 members (excludes halogenated alkanes) is 1. The Hall–Kier alpha value is -1.82. The van der Waals surface area contributed by atoms with E-state index in [1.165, 1.54) is 0 Å². The lowest BCUT2D eigenvalue weighted by molar-refractivity contribution is 0.142. The van der Waals surface area contributed by atoms with E-state index >= 15 is 0 Å². The molecule has 3 heteroatoms. The lowest BCUT2D eigenvalue weighted by Crippen LogP contribution is -1.96. The molecule has 1 rings (SSSR count). The van der Waals surface area contributed by atoms with Crippen molar-refractivity contribution in [2.75, 3.05) is 6.61 Å². The molecule has 0 amide bonds. The van der Waals surface area contributed by atoms with Gasteiger partial charge in [0, 0.05) is 6.42 Å². The van der Waals surface area contributed by atoms with Gasteiger partial charge in [-0.25, -0.2) is 0 Å². The molecule has 0 radical (unpaired) electrons. The second-order valence-corrected chi connectivity index (χ2v) is 3.14. The van der Waals surface area contributed by atoms with Gasteiger partial charge in [0.1, 0.15) is 6.61 Å². The average Bonchev–Trinajstić information content (AvgIpc) is 2.30. The molecule has 1 aromatic rings. The van der Waals surface area contributed by atoms with Gasteiger partial charge in [-0.1, -0.05) is 35.5 Å². The lowest BCUT2D eigenvalue weighted by Gasteiger charge is -2.00. The maximum absolute atomic E-state index is 8.31. The summed E-state index contributed by atoms with van der Waals surface area (Å²) < 4.78 is 0. The van der Waals surface area contributed by atoms with Crippen molar-refractivity contribution in [2.45, 2.75) is 19.8 Å². The molecular formula is C12H14N2O. The van der Waals surface area contributed by atoms with Gasteiger partial charge in [0.15, 0.2) is 0 Å². The molecule has 0 aliphatic heterocycles. The van der Waals surface area contributed by atoms with Gasteiger partial charge in [0.25, 0.3) is 0 Å². The van der Waals surface area contributed by atoms with Crippen LogP contribution in [-0.2, 0) is 4.84 Å². The van der Waals surface area contributed by atoms with Crippen molar-refractivity contribution in [2.24, 2.45) is 5.16 Å². The van der Waals surface area contributed by atoms with Crippen LogP contribution in [0.4, 0.5) is 0 Å². The molecule has 0 fully saturated rings. The summed E-state index contributed by atoms with van der Waals surface area (Å²) in [4.78, 5) is 5.09. The van der Waals surface area contributed by atoms with Crippen LogP contribution in [0.1, 0.15) is 25.3 Å². The van der Waals surface area contributed by atoms with Gasteiger partial charge in [-0.3, -0.25) is 0 Å². The zero-order valence-corrected chi connectivity index (χ0v) is 8.81. The lowest BCUT2D eigenvalue weighted by atomic mass is 10.1. The Labute approximate surface area is 90.0 Å². The van der Waals surface area contributed by atoms with Crippen molar-refractivity contribution in [3.05, 3.63) is 35.9 Å². The first-order chi connectivity index (χ1) is 7.34. The quantitative estimate of drug-likeness (QED) is 0.418. The fourth-order valence-corrected chi connectivity index (χ4v) is 1.09. The number of hydrogen-bond acceptors (Lipinski definition) is 3. The predicted octanol–water partition coefficient (Wildman–Crippen LogP) is 2.73. The first-order valence-electron chi connectivity index (χ1n) is 4.93. The Morgan fingerprint density at radius 1 is 1.40 bits per heavy atom. The highest BCUT2D eigenvalue weighted by atomic mass is 16.6. The third-order valence-electron chi connectivity index (χ3n) is 1.92.